The Morgan fingerprint density at radius 3 is 2.42 bits per heavy atom. The van der Waals surface area contributed by atoms with Gasteiger partial charge in [-0.3, -0.25) is 0 Å². The number of alkyl halides is 2. The Morgan fingerprint density at radius 1 is 1.37 bits per heavy atom. The molecule has 1 heterocycles. The van der Waals surface area contributed by atoms with Crippen LogP contribution in [0.15, 0.2) is 12.1 Å². The number of amides is 1. The third kappa shape index (κ3) is 3.13. The number of aromatic hydroxyl groups is 1. The molecule has 1 saturated heterocycles. The monoisotopic (exact) mass is 333 g/mol. The van der Waals surface area contributed by atoms with Crippen molar-refractivity contribution in [3.8, 4) is 5.75 Å². The SMILES string of the molecule is Cl.O=C1N[C@H](c2cc(Cl)c(O)c(Cl)c2)C(F)(F)CO1. The molecular weight excluding hydrogens is 326 g/mol. The van der Waals surface area contributed by atoms with E-state index in [1.165, 1.54) is 0 Å². The van der Waals surface area contributed by atoms with Gasteiger partial charge >= 0.3 is 12.0 Å². The molecule has 1 amide bonds. The largest absolute Gasteiger partial charge is 0.505 e. The van der Waals surface area contributed by atoms with Gasteiger partial charge in [0.1, 0.15) is 6.04 Å². The smallest absolute Gasteiger partial charge is 0.408 e. The van der Waals surface area contributed by atoms with Crippen LogP contribution in [0.25, 0.3) is 0 Å². The number of alkyl carbamates (subject to hydrolysis) is 1. The number of cyclic esters (lactones) is 1. The molecule has 1 aromatic carbocycles. The molecule has 19 heavy (non-hydrogen) atoms. The highest BCUT2D eigenvalue weighted by Crippen LogP contribution is 2.40. The lowest BCUT2D eigenvalue weighted by Gasteiger charge is -2.32. The number of carbonyl (C=O) groups is 1. The van der Waals surface area contributed by atoms with E-state index in [1.807, 2.05) is 5.32 Å². The first-order valence-electron chi connectivity index (χ1n) is 4.80. The van der Waals surface area contributed by atoms with Crippen LogP contribution in [0.2, 0.25) is 10.0 Å². The maximum Gasteiger partial charge on any atom is 0.408 e. The lowest BCUT2D eigenvalue weighted by Crippen LogP contribution is -2.49. The van der Waals surface area contributed by atoms with Crippen molar-refractivity contribution in [3.05, 3.63) is 27.7 Å². The minimum atomic E-state index is -3.29. The predicted molar refractivity (Wildman–Crippen MR) is 67.5 cm³/mol. The molecule has 1 atom stereocenters. The number of halogens is 5. The van der Waals surface area contributed by atoms with Gasteiger partial charge in [0.2, 0.25) is 0 Å². The van der Waals surface area contributed by atoms with E-state index < -0.39 is 30.4 Å². The highest BCUT2D eigenvalue weighted by atomic mass is 35.5. The molecule has 0 aromatic heterocycles. The third-order valence-corrected chi connectivity index (χ3v) is 3.03. The number of benzene rings is 1. The molecule has 0 saturated carbocycles. The van der Waals surface area contributed by atoms with E-state index in [2.05, 4.69) is 4.74 Å². The highest BCUT2D eigenvalue weighted by Gasteiger charge is 2.47. The van der Waals surface area contributed by atoms with Gasteiger partial charge in [0.05, 0.1) is 10.0 Å². The van der Waals surface area contributed by atoms with Gasteiger partial charge in [-0.2, -0.15) is 0 Å². The fraction of sp³-hybridized carbons (Fsp3) is 0.300. The molecule has 1 aromatic rings. The highest BCUT2D eigenvalue weighted by molar-refractivity contribution is 6.37. The van der Waals surface area contributed by atoms with Gasteiger partial charge < -0.3 is 15.2 Å². The van der Waals surface area contributed by atoms with Gasteiger partial charge in [0.25, 0.3) is 0 Å². The summed E-state index contributed by atoms with van der Waals surface area (Å²) in [4.78, 5) is 11.0. The lowest BCUT2D eigenvalue weighted by molar-refractivity contribution is -0.104. The molecular formula is C10H8Cl3F2NO3. The van der Waals surface area contributed by atoms with Gasteiger partial charge in [-0.05, 0) is 17.7 Å². The maximum atomic E-state index is 13.6. The first kappa shape index (κ1) is 16.1. The van der Waals surface area contributed by atoms with Gasteiger partial charge in [0, 0.05) is 0 Å². The predicted octanol–water partition coefficient (Wildman–Crippen LogP) is 3.54. The fourth-order valence-corrected chi connectivity index (χ4v) is 2.09. The second-order valence-electron chi connectivity index (χ2n) is 3.75. The van der Waals surface area contributed by atoms with Crippen molar-refractivity contribution < 1.29 is 23.4 Å². The van der Waals surface area contributed by atoms with Gasteiger partial charge in [-0.25, -0.2) is 13.6 Å². The summed E-state index contributed by atoms with van der Waals surface area (Å²) in [6.45, 7) is -1.03. The summed E-state index contributed by atoms with van der Waals surface area (Å²) in [5, 5.41) is 11.0. The molecule has 0 aliphatic carbocycles. The van der Waals surface area contributed by atoms with Crippen LogP contribution in [-0.4, -0.2) is 23.7 Å². The molecule has 0 radical (unpaired) electrons. The Balaban J connectivity index is 0.00000180. The van der Waals surface area contributed by atoms with Crippen LogP contribution >= 0.6 is 35.6 Å². The number of ether oxygens (including phenoxy) is 1. The second kappa shape index (κ2) is 5.56. The van der Waals surface area contributed by atoms with E-state index in [1.54, 1.807) is 0 Å². The van der Waals surface area contributed by atoms with Gasteiger partial charge in [-0.15, -0.1) is 12.4 Å². The third-order valence-electron chi connectivity index (χ3n) is 2.45. The Kier molecular flexibility index (Phi) is 4.71. The molecule has 106 valence electrons. The molecule has 1 fully saturated rings. The van der Waals surface area contributed by atoms with E-state index in [4.69, 9.17) is 23.2 Å². The Morgan fingerprint density at radius 2 is 1.89 bits per heavy atom. The van der Waals surface area contributed by atoms with Crippen molar-refractivity contribution in [1.29, 1.82) is 0 Å². The Labute approximate surface area is 123 Å². The molecule has 4 nitrogen and oxygen atoms in total. The van der Waals surface area contributed by atoms with Crippen molar-refractivity contribution in [2.24, 2.45) is 0 Å². The van der Waals surface area contributed by atoms with E-state index >= 15 is 0 Å². The maximum absolute atomic E-state index is 13.6. The molecule has 9 heteroatoms. The average molecular weight is 335 g/mol. The first-order valence-corrected chi connectivity index (χ1v) is 5.56. The normalized spacial score (nSPS) is 21.1. The molecule has 2 N–H and O–H groups in total. The summed E-state index contributed by atoms with van der Waals surface area (Å²) < 4.78 is 31.4. The summed E-state index contributed by atoms with van der Waals surface area (Å²) in [5.74, 6) is -3.69. The minimum Gasteiger partial charge on any atom is -0.505 e. The molecule has 0 unspecified atom stereocenters. The van der Waals surface area contributed by atoms with Crippen molar-refractivity contribution in [2.75, 3.05) is 6.61 Å². The zero-order valence-corrected chi connectivity index (χ0v) is 11.5. The quantitative estimate of drug-likeness (QED) is 0.826. The number of rotatable bonds is 1. The van der Waals surface area contributed by atoms with Crippen molar-refractivity contribution in [1.82, 2.24) is 5.32 Å². The van der Waals surface area contributed by atoms with Gasteiger partial charge in [-0.1, -0.05) is 23.2 Å². The van der Waals surface area contributed by atoms with E-state index in [9.17, 15) is 18.7 Å². The summed E-state index contributed by atoms with van der Waals surface area (Å²) in [5.41, 5.74) is -0.00977. The van der Waals surface area contributed by atoms with E-state index in [0.29, 0.717) is 0 Å². The van der Waals surface area contributed by atoms with Crippen LogP contribution < -0.4 is 5.32 Å². The Hall–Kier alpha value is -0.980. The van der Waals surface area contributed by atoms with E-state index in [-0.39, 0.29) is 28.0 Å². The number of phenolic OH excluding ortho intramolecular Hbond substituents is 1. The zero-order chi connectivity index (χ0) is 13.5. The molecule has 0 bridgehead atoms. The zero-order valence-electron chi connectivity index (χ0n) is 9.12. The number of carbonyl (C=O) groups excluding carboxylic acids is 1. The van der Waals surface area contributed by atoms with Crippen LogP contribution in [0.3, 0.4) is 0 Å². The molecule has 1 aliphatic heterocycles. The fourth-order valence-electron chi connectivity index (χ4n) is 1.59. The lowest BCUT2D eigenvalue weighted by atomic mass is 10.00. The standard InChI is InChI=1S/C10H7Cl2F2NO3.ClH/c11-5-1-4(2-6(12)7(5)16)8-10(13,14)3-18-9(17)15-8;/h1-2,8,16H,3H2,(H,15,17);1H/t8-;/m1./s1. The van der Waals surface area contributed by atoms with Gasteiger partial charge in [0.15, 0.2) is 12.4 Å². The second-order valence-corrected chi connectivity index (χ2v) is 4.56. The van der Waals surface area contributed by atoms with Crippen LogP contribution in [-0.2, 0) is 4.74 Å². The van der Waals surface area contributed by atoms with Crippen LogP contribution in [0.5, 0.6) is 5.75 Å². The number of phenols is 1. The molecule has 1 aliphatic rings. The van der Waals surface area contributed by atoms with Crippen LogP contribution in [0.1, 0.15) is 11.6 Å². The number of nitrogens with one attached hydrogen (secondary N) is 1. The van der Waals surface area contributed by atoms with Crippen LogP contribution in [0, 0.1) is 0 Å². The molecule has 2 rings (SSSR count). The van der Waals surface area contributed by atoms with Crippen molar-refractivity contribution >= 4 is 41.7 Å². The van der Waals surface area contributed by atoms with Crippen molar-refractivity contribution in [2.45, 2.75) is 12.0 Å². The summed E-state index contributed by atoms with van der Waals surface area (Å²) in [6, 6.07) is 0.634. The molecule has 0 spiro atoms. The Bertz CT molecular complexity index is 490. The number of hydrogen-bond donors (Lipinski definition) is 2. The first-order chi connectivity index (χ1) is 8.31. The summed E-state index contributed by atoms with van der Waals surface area (Å²) >= 11 is 11.3. The summed E-state index contributed by atoms with van der Waals surface area (Å²) in [7, 11) is 0. The van der Waals surface area contributed by atoms with Crippen molar-refractivity contribution in [3.63, 3.8) is 0 Å². The average Bonchev–Trinajstić information content (AvgIpc) is 2.28. The number of hydrogen-bond acceptors (Lipinski definition) is 3. The minimum absolute atomic E-state index is 0. The summed E-state index contributed by atoms with van der Waals surface area (Å²) in [6.07, 6.45) is -0.953. The van der Waals surface area contributed by atoms with E-state index in [0.717, 1.165) is 12.1 Å². The topological polar surface area (TPSA) is 58.6 Å². The van der Waals surface area contributed by atoms with Crippen LogP contribution in [0.4, 0.5) is 13.6 Å².